The Bertz CT molecular complexity index is 1020. The van der Waals surface area contributed by atoms with Crippen LogP contribution >= 0.6 is 0 Å². The molecule has 7 nitrogen and oxygen atoms in total. The predicted octanol–water partition coefficient (Wildman–Crippen LogP) is 3.07. The summed E-state index contributed by atoms with van der Waals surface area (Å²) in [7, 11) is 4.72. The number of amides is 1. The van der Waals surface area contributed by atoms with Gasteiger partial charge in [0.15, 0.2) is 0 Å². The molecule has 0 unspecified atom stereocenters. The second kappa shape index (κ2) is 7.41. The van der Waals surface area contributed by atoms with Crippen LogP contribution in [0, 0.1) is 0 Å². The van der Waals surface area contributed by atoms with Crippen molar-refractivity contribution in [1.82, 2.24) is 4.57 Å². The Morgan fingerprint density at radius 3 is 2.52 bits per heavy atom. The van der Waals surface area contributed by atoms with E-state index in [9.17, 15) is 14.7 Å². The molecule has 2 N–H and O–H groups in total. The Balaban J connectivity index is 1.93. The van der Waals surface area contributed by atoms with Crippen molar-refractivity contribution < 1.29 is 24.2 Å². The zero-order chi connectivity index (χ0) is 19.6. The van der Waals surface area contributed by atoms with Gasteiger partial charge in [-0.25, -0.2) is 4.79 Å². The number of aromatic nitrogens is 1. The topological polar surface area (TPSA) is 89.8 Å². The summed E-state index contributed by atoms with van der Waals surface area (Å²) in [6.45, 7) is 0. The number of carboxylic acids is 1. The van der Waals surface area contributed by atoms with E-state index < -0.39 is 5.97 Å². The number of aromatic carboxylic acids is 1. The zero-order valence-corrected chi connectivity index (χ0v) is 15.3. The van der Waals surface area contributed by atoms with Gasteiger partial charge in [0.25, 0.3) is 0 Å². The largest absolute Gasteiger partial charge is 0.497 e. The lowest BCUT2D eigenvalue weighted by atomic mass is 10.1. The summed E-state index contributed by atoms with van der Waals surface area (Å²) in [4.78, 5) is 24.4. The van der Waals surface area contributed by atoms with Gasteiger partial charge >= 0.3 is 5.97 Å². The molecule has 0 saturated carbocycles. The Morgan fingerprint density at radius 1 is 1.11 bits per heavy atom. The van der Waals surface area contributed by atoms with Crippen molar-refractivity contribution in [3.8, 4) is 11.5 Å². The average molecular weight is 368 g/mol. The number of para-hydroxylation sites is 1. The highest BCUT2D eigenvalue weighted by atomic mass is 16.5. The minimum absolute atomic E-state index is 0.0713. The zero-order valence-electron chi connectivity index (χ0n) is 15.3. The maximum atomic E-state index is 12.6. The van der Waals surface area contributed by atoms with Gasteiger partial charge in [0.1, 0.15) is 17.2 Å². The van der Waals surface area contributed by atoms with E-state index in [0.29, 0.717) is 22.7 Å². The van der Waals surface area contributed by atoms with Gasteiger partial charge in [-0.2, -0.15) is 0 Å². The van der Waals surface area contributed by atoms with Crippen molar-refractivity contribution in [1.29, 1.82) is 0 Å². The van der Waals surface area contributed by atoms with Crippen molar-refractivity contribution in [3.05, 3.63) is 53.7 Å². The second-order valence-corrected chi connectivity index (χ2v) is 6.00. The second-order valence-electron chi connectivity index (χ2n) is 6.00. The molecule has 0 spiro atoms. The quantitative estimate of drug-likeness (QED) is 0.698. The number of benzene rings is 2. The SMILES string of the molecule is COc1ccc(NC(=O)Cc2c(C(=O)O)n(C)c3ccccc23)c(OC)c1. The van der Waals surface area contributed by atoms with Crippen molar-refractivity contribution in [3.63, 3.8) is 0 Å². The lowest BCUT2D eigenvalue weighted by molar-refractivity contribution is -0.115. The summed E-state index contributed by atoms with van der Waals surface area (Å²) in [6, 6.07) is 12.3. The molecule has 27 heavy (non-hydrogen) atoms. The van der Waals surface area contributed by atoms with Crippen LogP contribution in [-0.4, -0.2) is 35.8 Å². The number of nitrogens with zero attached hydrogens (tertiary/aromatic N) is 1. The lowest BCUT2D eigenvalue weighted by Crippen LogP contribution is -2.17. The van der Waals surface area contributed by atoms with Gasteiger partial charge in [-0.15, -0.1) is 0 Å². The summed E-state index contributed by atoms with van der Waals surface area (Å²) < 4.78 is 12.0. The monoisotopic (exact) mass is 368 g/mol. The molecule has 0 aliphatic carbocycles. The third-order valence-corrected chi connectivity index (χ3v) is 4.43. The Kier molecular flexibility index (Phi) is 5.03. The molecule has 0 saturated heterocycles. The van der Waals surface area contributed by atoms with Crippen LogP contribution in [0.25, 0.3) is 10.9 Å². The maximum Gasteiger partial charge on any atom is 0.352 e. The summed E-state index contributed by atoms with van der Waals surface area (Å²) in [5.74, 6) is -0.345. The van der Waals surface area contributed by atoms with E-state index in [-0.39, 0.29) is 18.0 Å². The molecule has 0 radical (unpaired) electrons. The fourth-order valence-electron chi connectivity index (χ4n) is 3.18. The predicted molar refractivity (Wildman–Crippen MR) is 102 cm³/mol. The molecule has 1 heterocycles. The fourth-order valence-corrected chi connectivity index (χ4v) is 3.18. The van der Waals surface area contributed by atoms with E-state index in [4.69, 9.17) is 9.47 Å². The minimum atomic E-state index is -1.07. The molecule has 3 rings (SSSR count). The highest BCUT2D eigenvalue weighted by molar-refractivity contribution is 6.03. The number of carbonyl (C=O) groups excluding carboxylic acids is 1. The van der Waals surface area contributed by atoms with Crippen LogP contribution in [0.15, 0.2) is 42.5 Å². The highest BCUT2D eigenvalue weighted by Crippen LogP contribution is 2.30. The first-order valence-corrected chi connectivity index (χ1v) is 8.27. The fraction of sp³-hybridized carbons (Fsp3) is 0.200. The number of aryl methyl sites for hydroxylation is 1. The van der Waals surface area contributed by atoms with E-state index in [1.165, 1.54) is 7.11 Å². The van der Waals surface area contributed by atoms with Gasteiger partial charge in [-0.05, 0) is 18.2 Å². The van der Waals surface area contributed by atoms with Gasteiger partial charge in [0.05, 0.1) is 26.3 Å². The van der Waals surface area contributed by atoms with Crippen LogP contribution in [0.4, 0.5) is 5.69 Å². The number of hydrogen-bond donors (Lipinski definition) is 2. The standard InChI is InChI=1S/C20H20N2O5/c1-22-16-7-5-4-6-13(16)14(19(22)20(24)25)11-18(23)21-15-9-8-12(26-2)10-17(15)27-3/h4-10H,11H2,1-3H3,(H,21,23)(H,24,25). The van der Waals surface area contributed by atoms with Gasteiger partial charge < -0.3 is 24.5 Å². The van der Waals surface area contributed by atoms with Crippen LogP contribution in [-0.2, 0) is 18.3 Å². The smallest absolute Gasteiger partial charge is 0.352 e. The van der Waals surface area contributed by atoms with Crippen molar-refractivity contribution in [2.45, 2.75) is 6.42 Å². The molecule has 2 aromatic carbocycles. The number of fused-ring (bicyclic) bond motifs is 1. The summed E-state index contributed by atoms with van der Waals surface area (Å²) in [5.41, 5.74) is 1.83. The molecule has 1 amide bonds. The number of ether oxygens (including phenoxy) is 2. The Labute approximate surface area is 156 Å². The van der Waals surface area contributed by atoms with Crippen molar-refractivity contribution in [2.75, 3.05) is 19.5 Å². The van der Waals surface area contributed by atoms with Crippen LogP contribution < -0.4 is 14.8 Å². The van der Waals surface area contributed by atoms with Crippen LogP contribution in [0.2, 0.25) is 0 Å². The van der Waals surface area contributed by atoms with Gasteiger partial charge in [-0.1, -0.05) is 18.2 Å². The molecule has 1 aromatic heterocycles. The summed E-state index contributed by atoms with van der Waals surface area (Å²) >= 11 is 0. The average Bonchev–Trinajstić information content (AvgIpc) is 2.94. The van der Waals surface area contributed by atoms with E-state index in [1.54, 1.807) is 36.9 Å². The molecule has 7 heteroatoms. The van der Waals surface area contributed by atoms with E-state index in [1.807, 2.05) is 24.3 Å². The van der Waals surface area contributed by atoms with Crippen LogP contribution in [0.5, 0.6) is 11.5 Å². The van der Waals surface area contributed by atoms with Gasteiger partial charge in [-0.3, -0.25) is 4.79 Å². The van der Waals surface area contributed by atoms with Gasteiger partial charge in [0.2, 0.25) is 5.91 Å². The molecule has 0 fully saturated rings. The first-order chi connectivity index (χ1) is 13.0. The number of hydrogen-bond acceptors (Lipinski definition) is 4. The molecule has 0 aliphatic heterocycles. The summed E-state index contributed by atoms with van der Waals surface area (Å²) in [5, 5.41) is 13.1. The maximum absolute atomic E-state index is 12.6. The molecular formula is C20H20N2O5. The Morgan fingerprint density at radius 2 is 1.85 bits per heavy atom. The first kappa shape index (κ1) is 18.3. The van der Waals surface area contributed by atoms with Crippen LogP contribution in [0.1, 0.15) is 16.1 Å². The molecule has 0 atom stereocenters. The van der Waals surface area contributed by atoms with Crippen molar-refractivity contribution >= 4 is 28.5 Å². The van der Waals surface area contributed by atoms with Gasteiger partial charge in [0, 0.05) is 29.6 Å². The lowest BCUT2D eigenvalue weighted by Gasteiger charge is -2.12. The van der Waals surface area contributed by atoms with E-state index >= 15 is 0 Å². The normalized spacial score (nSPS) is 10.6. The molecule has 0 bridgehead atoms. The molecule has 140 valence electrons. The third kappa shape index (κ3) is 3.44. The third-order valence-electron chi connectivity index (χ3n) is 4.43. The number of rotatable bonds is 6. The summed E-state index contributed by atoms with van der Waals surface area (Å²) in [6.07, 6.45) is -0.0713. The molecule has 3 aromatic rings. The van der Waals surface area contributed by atoms with Crippen LogP contribution in [0.3, 0.4) is 0 Å². The number of anilines is 1. The Hall–Kier alpha value is -3.48. The number of carboxylic acid groups (broad SMARTS) is 1. The number of methoxy groups -OCH3 is 2. The molecular weight excluding hydrogens is 348 g/mol. The highest BCUT2D eigenvalue weighted by Gasteiger charge is 2.22. The first-order valence-electron chi connectivity index (χ1n) is 8.27. The minimum Gasteiger partial charge on any atom is -0.497 e. The number of nitrogens with one attached hydrogen (secondary N) is 1. The van der Waals surface area contributed by atoms with Crippen molar-refractivity contribution in [2.24, 2.45) is 7.05 Å². The number of carbonyl (C=O) groups is 2. The van der Waals surface area contributed by atoms with E-state index in [0.717, 1.165) is 10.9 Å². The van der Waals surface area contributed by atoms with E-state index in [2.05, 4.69) is 5.32 Å². The molecule has 0 aliphatic rings.